The van der Waals surface area contributed by atoms with Crippen molar-refractivity contribution in [2.24, 2.45) is 5.92 Å². The number of nitrogens with zero attached hydrogens (tertiary/aromatic N) is 2. The molecule has 0 radical (unpaired) electrons. The molecule has 1 saturated heterocycles. The Morgan fingerprint density at radius 1 is 1.71 bits per heavy atom. The minimum atomic E-state index is -3.57. The van der Waals surface area contributed by atoms with Crippen LogP contribution in [0.2, 0.25) is 4.47 Å². The normalized spacial score (nSPS) is 26.5. The van der Waals surface area contributed by atoms with E-state index in [0.717, 1.165) is 17.8 Å². The van der Waals surface area contributed by atoms with Crippen LogP contribution in [0, 0.1) is 5.92 Å². The second-order valence-electron chi connectivity index (χ2n) is 4.06. The highest BCUT2D eigenvalue weighted by Gasteiger charge is 2.39. The van der Waals surface area contributed by atoms with E-state index >= 15 is 0 Å². The summed E-state index contributed by atoms with van der Waals surface area (Å²) in [5.74, 6) is 0.165. The molecular formula is C9H13ClN2O3S2. The molecule has 2 unspecified atom stereocenters. The number of aromatic nitrogens is 1. The standard InChI is InChI=1S/C9H13ClN2O3S2/c1-6-2-3-12(7(6)5-13)17(14,15)8-4-11-9(10)16-8/h4,6-7,13H,2-3,5H2,1H3. The van der Waals surface area contributed by atoms with Crippen LogP contribution < -0.4 is 0 Å². The maximum Gasteiger partial charge on any atom is 0.254 e. The molecule has 1 aliphatic rings. The van der Waals surface area contributed by atoms with Gasteiger partial charge in [0.15, 0.2) is 8.68 Å². The molecule has 2 rings (SSSR count). The highest BCUT2D eigenvalue weighted by atomic mass is 35.5. The molecule has 5 nitrogen and oxygen atoms in total. The number of hydrogen-bond acceptors (Lipinski definition) is 5. The van der Waals surface area contributed by atoms with Crippen molar-refractivity contribution in [3.63, 3.8) is 0 Å². The first-order valence-electron chi connectivity index (χ1n) is 5.21. The summed E-state index contributed by atoms with van der Waals surface area (Å²) in [6.07, 6.45) is 2.02. The van der Waals surface area contributed by atoms with Crippen molar-refractivity contribution in [2.75, 3.05) is 13.2 Å². The van der Waals surface area contributed by atoms with E-state index in [4.69, 9.17) is 11.6 Å². The van der Waals surface area contributed by atoms with E-state index in [9.17, 15) is 13.5 Å². The zero-order valence-corrected chi connectivity index (χ0v) is 11.6. The number of aliphatic hydroxyl groups is 1. The van der Waals surface area contributed by atoms with E-state index in [2.05, 4.69) is 4.98 Å². The van der Waals surface area contributed by atoms with Gasteiger partial charge in [0.25, 0.3) is 10.0 Å². The maximum absolute atomic E-state index is 12.3. The quantitative estimate of drug-likeness (QED) is 0.909. The van der Waals surface area contributed by atoms with Gasteiger partial charge in [-0.25, -0.2) is 13.4 Å². The molecule has 8 heteroatoms. The van der Waals surface area contributed by atoms with E-state index < -0.39 is 10.0 Å². The van der Waals surface area contributed by atoms with Gasteiger partial charge in [-0.15, -0.1) is 0 Å². The fourth-order valence-electron chi connectivity index (χ4n) is 2.02. The van der Waals surface area contributed by atoms with Crippen molar-refractivity contribution < 1.29 is 13.5 Å². The third-order valence-electron chi connectivity index (χ3n) is 3.04. The molecule has 2 atom stereocenters. The molecule has 0 aromatic carbocycles. The van der Waals surface area contributed by atoms with Gasteiger partial charge < -0.3 is 5.11 Å². The Kier molecular flexibility index (Phi) is 3.74. The van der Waals surface area contributed by atoms with Crippen molar-refractivity contribution in [1.82, 2.24) is 9.29 Å². The smallest absolute Gasteiger partial charge is 0.254 e. The monoisotopic (exact) mass is 296 g/mol. The van der Waals surface area contributed by atoms with Gasteiger partial charge in [-0.1, -0.05) is 29.9 Å². The average Bonchev–Trinajstić information content (AvgIpc) is 2.84. The Labute approximate surface area is 109 Å². The summed E-state index contributed by atoms with van der Waals surface area (Å²) in [7, 11) is -3.57. The highest BCUT2D eigenvalue weighted by Crippen LogP contribution is 2.32. The summed E-state index contributed by atoms with van der Waals surface area (Å²) >= 11 is 6.59. The van der Waals surface area contributed by atoms with Gasteiger partial charge in [-0.2, -0.15) is 4.31 Å². The molecule has 2 heterocycles. The molecule has 17 heavy (non-hydrogen) atoms. The van der Waals surface area contributed by atoms with Crippen LogP contribution in [0.5, 0.6) is 0 Å². The van der Waals surface area contributed by atoms with Gasteiger partial charge in [0.2, 0.25) is 0 Å². The first-order valence-corrected chi connectivity index (χ1v) is 7.84. The summed E-state index contributed by atoms with van der Waals surface area (Å²) in [5, 5.41) is 9.28. The predicted molar refractivity (Wildman–Crippen MR) is 65.7 cm³/mol. The first kappa shape index (κ1) is 13.2. The Hall–Kier alpha value is -0.210. The van der Waals surface area contributed by atoms with Gasteiger partial charge in [0.05, 0.1) is 18.8 Å². The predicted octanol–water partition coefficient (Wildman–Crippen LogP) is 1.19. The van der Waals surface area contributed by atoms with E-state index in [1.807, 2.05) is 6.92 Å². The van der Waals surface area contributed by atoms with Crippen LogP contribution in [-0.2, 0) is 10.0 Å². The Morgan fingerprint density at radius 2 is 2.41 bits per heavy atom. The lowest BCUT2D eigenvalue weighted by Crippen LogP contribution is -2.39. The van der Waals surface area contributed by atoms with Gasteiger partial charge in [0.1, 0.15) is 0 Å². The first-order chi connectivity index (χ1) is 7.96. The molecule has 1 fully saturated rings. The molecule has 0 spiro atoms. The highest BCUT2D eigenvalue weighted by molar-refractivity contribution is 7.91. The van der Waals surface area contributed by atoms with Crippen molar-refractivity contribution in [3.8, 4) is 0 Å². The maximum atomic E-state index is 12.3. The molecule has 0 amide bonds. The van der Waals surface area contributed by atoms with Gasteiger partial charge in [-0.3, -0.25) is 0 Å². The fourth-order valence-corrected chi connectivity index (χ4v) is 5.17. The molecule has 96 valence electrons. The van der Waals surface area contributed by atoms with Crippen molar-refractivity contribution in [2.45, 2.75) is 23.6 Å². The Balaban J connectivity index is 2.33. The summed E-state index contributed by atoms with van der Waals surface area (Å²) in [4.78, 5) is 3.74. The summed E-state index contributed by atoms with van der Waals surface area (Å²) in [6, 6.07) is -0.346. The van der Waals surface area contributed by atoms with Crippen molar-refractivity contribution in [3.05, 3.63) is 10.7 Å². The second kappa shape index (κ2) is 4.81. The molecule has 0 bridgehead atoms. The van der Waals surface area contributed by atoms with Crippen LogP contribution in [0.3, 0.4) is 0 Å². The molecule has 1 aromatic heterocycles. The van der Waals surface area contributed by atoms with Crippen LogP contribution in [0.4, 0.5) is 0 Å². The molecular weight excluding hydrogens is 284 g/mol. The lowest BCUT2D eigenvalue weighted by molar-refractivity contribution is 0.191. The zero-order chi connectivity index (χ0) is 12.6. The number of aliphatic hydroxyl groups excluding tert-OH is 1. The van der Waals surface area contributed by atoms with Crippen molar-refractivity contribution in [1.29, 1.82) is 0 Å². The lowest BCUT2D eigenvalue weighted by Gasteiger charge is -2.23. The van der Waals surface area contributed by atoms with Crippen LogP contribution in [0.25, 0.3) is 0 Å². The third-order valence-corrected chi connectivity index (χ3v) is 6.51. The van der Waals surface area contributed by atoms with Gasteiger partial charge in [0, 0.05) is 6.54 Å². The van der Waals surface area contributed by atoms with Crippen molar-refractivity contribution >= 4 is 33.0 Å². The minimum Gasteiger partial charge on any atom is -0.395 e. The van der Waals surface area contributed by atoms with E-state index in [-0.39, 0.29) is 27.2 Å². The van der Waals surface area contributed by atoms with Crippen LogP contribution >= 0.6 is 22.9 Å². The van der Waals surface area contributed by atoms with Gasteiger partial charge >= 0.3 is 0 Å². The number of sulfonamides is 1. The molecule has 0 saturated carbocycles. The van der Waals surface area contributed by atoms with E-state index in [0.29, 0.717) is 6.54 Å². The topological polar surface area (TPSA) is 70.5 Å². The summed E-state index contributed by atoms with van der Waals surface area (Å²) in [5.41, 5.74) is 0. The summed E-state index contributed by atoms with van der Waals surface area (Å²) < 4.78 is 26.3. The molecule has 1 aliphatic heterocycles. The number of thiazole rings is 1. The number of rotatable bonds is 3. The minimum absolute atomic E-state index is 0.134. The Bertz CT molecular complexity index is 502. The van der Waals surface area contributed by atoms with E-state index in [1.54, 1.807) is 0 Å². The largest absolute Gasteiger partial charge is 0.395 e. The van der Waals surface area contributed by atoms with Crippen LogP contribution in [0.1, 0.15) is 13.3 Å². The lowest BCUT2D eigenvalue weighted by atomic mass is 10.0. The van der Waals surface area contributed by atoms with Gasteiger partial charge in [-0.05, 0) is 12.3 Å². The number of hydrogen-bond donors (Lipinski definition) is 1. The molecule has 1 aromatic rings. The van der Waals surface area contributed by atoms with Crippen LogP contribution in [-0.4, -0.2) is 42.0 Å². The summed E-state index contributed by atoms with van der Waals surface area (Å²) in [6.45, 7) is 2.22. The SMILES string of the molecule is CC1CCN(S(=O)(=O)c2cnc(Cl)s2)C1CO. The third kappa shape index (κ3) is 2.34. The molecule has 1 N–H and O–H groups in total. The fraction of sp³-hybridized carbons (Fsp3) is 0.667. The van der Waals surface area contributed by atoms with Crippen LogP contribution in [0.15, 0.2) is 10.4 Å². The Morgan fingerprint density at radius 3 is 2.94 bits per heavy atom. The molecule has 0 aliphatic carbocycles. The number of halogens is 1. The average molecular weight is 297 g/mol. The zero-order valence-electron chi connectivity index (χ0n) is 9.21. The second-order valence-corrected chi connectivity index (χ2v) is 7.79. The van der Waals surface area contributed by atoms with E-state index in [1.165, 1.54) is 10.5 Å².